The largest absolute Gasteiger partial charge is 0.481 e. The predicted octanol–water partition coefficient (Wildman–Crippen LogP) is 1.74. The first kappa shape index (κ1) is 17.8. The van der Waals surface area contributed by atoms with Crippen LogP contribution in [0.5, 0.6) is 0 Å². The molecule has 0 bridgehead atoms. The SMILES string of the molecule is O=C(O)[C@H]1CCCN(C(=O)Nc2cccn(CC(F)(F)F)c2=O)C1. The van der Waals surface area contributed by atoms with Gasteiger partial charge in [-0.15, -0.1) is 0 Å². The summed E-state index contributed by atoms with van der Waals surface area (Å²) in [6.07, 6.45) is -2.64. The van der Waals surface area contributed by atoms with Gasteiger partial charge in [-0.1, -0.05) is 0 Å². The van der Waals surface area contributed by atoms with Gasteiger partial charge in [0.15, 0.2) is 0 Å². The molecule has 2 rings (SSSR count). The lowest BCUT2D eigenvalue weighted by atomic mass is 9.99. The molecule has 0 unspecified atom stereocenters. The molecule has 1 saturated heterocycles. The first-order chi connectivity index (χ1) is 11.2. The molecule has 1 aliphatic rings. The number of alkyl halides is 3. The highest BCUT2D eigenvalue weighted by Gasteiger charge is 2.30. The molecule has 1 fully saturated rings. The first-order valence-corrected chi connectivity index (χ1v) is 7.22. The van der Waals surface area contributed by atoms with Gasteiger partial charge in [0.2, 0.25) is 0 Å². The fraction of sp³-hybridized carbons (Fsp3) is 0.500. The third kappa shape index (κ3) is 4.49. The molecule has 132 valence electrons. The van der Waals surface area contributed by atoms with E-state index in [-0.39, 0.29) is 12.2 Å². The highest BCUT2D eigenvalue weighted by molar-refractivity contribution is 5.89. The van der Waals surface area contributed by atoms with Crippen molar-refractivity contribution >= 4 is 17.7 Å². The van der Waals surface area contributed by atoms with Gasteiger partial charge in [0.05, 0.1) is 5.92 Å². The van der Waals surface area contributed by atoms with Crippen LogP contribution < -0.4 is 10.9 Å². The van der Waals surface area contributed by atoms with Gasteiger partial charge in [0.1, 0.15) is 12.2 Å². The molecule has 2 heterocycles. The van der Waals surface area contributed by atoms with Crippen molar-refractivity contribution in [2.75, 3.05) is 18.4 Å². The van der Waals surface area contributed by atoms with E-state index in [1.165, 1.54) is 17.0 Å². The molecule has 24 heavy (non-hydrogen) atoms. The molecule has 0 aromatic carbocycles. The number of carboxylic acid groups (broad SMARTS) is 1. The van der Waals surface area contributed by atoms with Gasteiger partial charge < -0.3 is 19.9 Å². The van der Waals surface area contributed by atoms with Crippen LogP contribution in [0.4, 0.5) is 23.7 Å². The molecule has 1 aliphatic heterocycles. The Morgan fingerprint density at radius 1 is 1.38 bits per heavy atom. The van der Waals surface area contributed by atoms with Crippen molar-refractivity contribution in [2.24, 2.45) is 5.92 Å². The van der Waals surface area contributed by atoms with E-state index >= 15 is 0 Å². The minimum Gasteiger partial charge on any atom is -0.481 e. The number of aromatic nitrogens is 1. The number of urea groups is 1. The van der Waals surface area contributed by atoms with Crippen LogP contribution in [0.2, 0.25) is 0 Å². The Morgan fingerprint density at radius 2 is 2.08 bits per heavy atom. The average Bonchev–Trinajstić information content (AvgIpc) is 2.50. The van der Waals surface area contributed by atoms with Crippen molar-refractivity contribution in [2.45, 2.75) is 25.6 Å². The van der Waals surface area contributed by atoms with Gasteiger partial charge in [-0.05, 0) is 25.0 Å². The number of nitrogens with zero attached hydrogens (tertiary/aromatic N) is 2. The number of carbonyl (C=O) groups excluding carboxylic acids is 1. The summed E-state index contributed by atoms with van der Waals surface area (Å²) in [5, 5.41) is 11.3. The average molecular weight is 347 g/mol. The topological polar surface area (TPSA) is 91.6 Å². The number of pyridine rings is 1. The first-order valence-electron chi connectivity index (χ1n) is 7.22. The van der Waals surface area contributed by atoms with Crippen molar-refractivity contribution in [3.8, 4) is 0 Å². The normalized spacial score (nSPS) is 18.3. The standard InChI is InChI=1S/C14H16F3N3O4/c15-14(16,17)8-20-6-2-4-10(11(20)21)18-13(24)19-5-1-3-9(7-19)12(22)23/h2,4,6,9H,1,3,5,7-8H2,(H,18,24)(H,22,23)/t9-/m0/s1. The van der Waals surface area contributed by atoms with Crippen molar-refractivity contribution in [1.82, 2.24) is 9.47 Å². The smallest absolute Gasteiger partial charge is 0.406 e. The second kappa shape index (κ2) is 6.93. The third-order valence-corrected chi connectivity index (χ3v) is 3.67. The summed E-state index contributed by atoms with van der Waals surface area (Å²) < 4.78 is 37.7. The maximum Gasteiger partial charge on any atom is 0.406 e. The molecule has 0 radical (unpaired) electrons. The number of anilines is 1. The molecule has 2 N–H and O–H groups in total. The molecule has 1 aromatic rings. The zero-order valence-corrected chi connectivity index (χ0v) is 12.5. The molecule has 2 amide bonds. The number of hydrogen-bond donors (Lipinski definition) is 2. The molecule has 7 nitrogen and oxygen atoms in total. The predicted molar refractivity (Wildman–Crippen MR) is 77.7 cm³/mol. The number of halogens is 3. The van der Waals surface area contributed by atoms with Gasteiger partial charge in [0, 0.05) is 19.3 Å². The molecular weight excluding hydrogens is 331 g/mol. The highest BCUT2D eigenvalue weighted by Crippen LogP contribution is 2.18. The number of hydrogen-bond acceptors (Lipinski definition) is 3. The fourth-order valence-electron chi connectivity index (χ4n) is 2.51. The molecule has 0 spiro atoms. The summed E-state index contributed by atoms with van der Waals surface area (Å²) in [4.78, 5) is 36.3. The Kier molecular flexibility index (Phi) is 5.15. The van der Waals surface area contributed by atoms with Gasteiger partial charge in [-0.2, -0.15) is 13.2 Å². The Labute approximate surface area is 134 Å². The molecule has 1 aromatic heterocycles. The molecule has 1 atom stereocenters. The van der Waals surface area contributed by atoms with E-state index in [4.69, 9.17) is 5.11 Å². The van der Waals surface area contributed by atoms with Crippen LogP contribution in [0, 0.1) is 5.92 Å². The fourth-order valence-corrected chi connectivity index (χ4v) is 2.51. The molecule has 10 heteroatoms. The highest BCUT2D eigenvalue weighted by atomic mass is 19.4. The number of aliphatic carboxylic acids is 1. The van der Waals surface area contributed by atoms with Gasteiger partial charge >= 0.3 is 18.2 Å². The van der Waals surface area contributed by atoms with Crippen LogP contribution in [-0.4, -0.2) is 45.8 Å². The zero-order chi connectivity index (χ0) is 17.9. The van der Waals surface area contributed by atoms with Crippen molar-refractivity contribution in [1.29, 1.82) is 0 Å². The van der Waals surface area contributed by atoms with E-state index in [1.54, 1.807) is 0 Å². The number of nitrogens with one attached hydrogen (secondary N) is 1. The number of carboxylic acids is 1. The number of rotatable bonds is 3. The Bertz CT molecular complexity index is 687. The van der Waals surface area contributed by atoms with Crippen LogP contribution in [0.1, 0.15) is 12.8 Å². The van der Waals surface area contributed by atoms with E-state index in [2.05, 4.69) is 5.32 Å². The van der Waals surface area contributed by atoms with Crippen LogP contribution in [0.3, 0.4) is 0 Å². The Hall–Kier alpha value is -2.52. The Morgan fingerprint density at radius 3 is 2.71 bits per heavy atom. The van der Waals surface area contributed by atoms with E-state index < -0.39 is 36.2 Å². The van der Waals surface area contributed by atoms with E-state index in [0.29, 0.717) is 24.0 Å². The lowest BCUT2D eigenvalue weighted by molar-refractivity contribution is -0.143. The quantitative estimate of drug-likeness (QED) is 0.871. The lowest BCUT2D eigenvalue weighted by Gasteiger charge is -2.30. The van der Waals surface area contributed by atoms with Crippen LogP contribution in [0.25, 0.3) is 0 Å². The van der Waals surface area contributed by atoms with Crippen molar-refractivity contribution < 1.29 is 27.9 Å². The summed E-state index contributed by atoms with van der Waals surface area (Å²) in [5.41, 5.74) is -1.26. The molecular formula is C14H16F3N3O4. The monoisotopic (exact) mass is 347 g/mol. The van der Waals surface area contributed by atoms with Crippen LogP contribution in [-0.2, 0) is 11.3 Å². The number of carbonyl (C=O) groups is 2. The summed E-state index contributed by atoms with van der Waals surface area (Å²) in [5.74, 6) is -1.71. The third-order valence-electron chi connectivity index (χ3n) is 3.67. The summed E-state index contributed by atoms with van der Waals surface area (Å²) in [6.45, 7) is -1.15. The van der Waals surface area contributed by atoms with Crippen LogP contribution >= 0.6 is 0 Å². The number of likely N-dealkylation sites (tertiary alicyclic amines) is 1. The minimum atomic E-state index is -4.56. The lowest BCUT2D eigenvalue weighted by Crippen LogP contribution is -2.45. The number of piperidine rings is 1. The summed E-state index contributed by atoms with van der Waals surface area (Å²) in [6, 6.07) is 1.72. The second-order valence-corrected chi connectivity index (χ2v) is 5.52. The van der Waals surface area contributed by atoms with E-state index in [1.807, 2.05) is 0 Å². The van der Waals surface area contributed by atoms with Crippen molar-refractivity contribution in [3.05, 3.63) is 28.7 Å². The van der Waals surface area contributed by atoms with Gasteiger partial charge in [0.25, 0.3) is 5.56 Å². The van der Waals surface area contributed by atoms with E-state index in [9.17, 15) is 27.6 Å². The van der Waals surface area contributed by atoms with Crippen LogP contribution in [0.15, 0.2) is 23.1 Å². The Balaban J connectivity index is 2.10. The molecule has 0 saturated carbocycles. The minimum absolute atomic E-state index is 0.00918. The number of amides is 2. The summed E-state index contributed by atoms with van der Waals surface area (Å²) >= 11 is 0. The maximum atomic E-state index is 12.4. The second-order valence-electron chi connectivity index (χ2n) is 5.52. The van der Waals surface area contributed by atoms with E-state index in [0.717, 1.165) is 6.20 Å². The molecule has 0 aliphatic carbocycles. The maximum absolute atomic E-state index is 12.4. The zero-order valence-electron chi connectivity index (χ0n) is 12.5. The van der Waals surface area contributed by atoms with Gasteiger partial charge in [-0.3, -0.25) is 9.59 Å². The van der Waals surface area contributed by atoms with Gasteiger partial charge in [-0.25, -0.2) is 4.79 Å². The van der Waals surface area contributed by atoms with Crippen molar-refractivity contribution in [3.63, 3.8) is 0 Å². The summed E-state index contributed by atoms with van der Waals surface area (Å²) in [7, 11) is 0.